The van der Waals surface area contributed by atoms with Gasteiger partial charge in [0.15, 0.2) is 0 Å². The van der Waals surface area contributed by atoms with E-state index in [9.17, 15) is 20.2 Å². The highest BCUT2D eigenvalue weighted by Gasteiger charge is 2.27. The van der Waals surface area contributed by atoms with Crippen LogP contribution < -0.4 is 9.80 Å². The second kappa shape index (κ2) is 7.21. The van der Waals surface area contributed by atoms with Gasteiger partial charge in [0.1, 0.15) is 11.4 Å². The van der Waals surface area contributed by atoms with Crippen molar-refractivity contribution in [3.8, 4) is 0 Å². The van der Waals surface area contributed by atoms with E-state index in [1.54, 1.807) is 36.0 Å². The highest BCUT2D eigenvalue weighted by Crippen LogP contribution is 2.39. The molecule has 0 saturated heterocycles. The molecule has 8 heteroatoms. The van der Waals surface area contributed by atoms with Crippen molar-refractivity contribution in [3.63, 3.8) is 0 Å². The van der Waals surface area contributed by atoms with E-state index in [-0.39, 0.29) is 11.4 Å². The molecular formula is C14H18N4O4. The Morgan fingerprint density at radius 2 is 1.32 bits per heavy atom. The van der Waals surface area contributed by atoms with Crippen LogP contribution in [-0.2, 0) is 0 Å². The van der Waals surface area contributed by atoms with Crippen molar-refractivity contribution in [1.29, 1.82) is 0 Å². The fourth-order valence-corrected chi connectivity index (χ4v) is 2.04. The van der Waals surface area contributed by atoms with Crippen LogP contribution in [0.2, 0.25) is 0 Å². The van der Waals surface area contributed by atoms with Crippen molar-refractivity contribution in [2.24, 2.45) is 0 Å². The van der Waals surface area contributed by atoms with Gasteiger partial charge in [-0.05, 0) is 6.07 Å². The summed E-state index contributed by atoms with van der Waals surface area (Å²) >= 11 is 0. The van der Waals surface area contributed by atoms with Crippen molar-refractivity contribution in [3.05, 3.63) is 57.7 Å². The van der Waals surface area contributed by atoms with E-state index in [4.69, 9.17) is 0 Å². The third-order valence-corrected chi connectivity index (χ3v) is 3.09. The van der Waals surface area contributed by atoms with Crippen LogP contribution in [-0.4, -0.2) is 37.0 Å². The number of rotatable bonds is 8. The lowest BCUT2D eigenvalue weighted by Gasteiger charge is -2.22. The van der Waals surface area contributed by atoms with Crippen molar-refractivity contribution >= 4 is 22.7 Å². The van der Waals surface area contributed by atoms with Gasteiger partial charge in [-0.3, -0.25) is 20.2 Å². The summed E-state index contributed by atoms with van der Waals surface area (Å²) in [6.07, 6.45) is 3.19. The zero-order chi connectivity index (χ0) is 16.9. The fraction of sp³-hybridized carbons (Fsp3) is 0.286. The number of benzene rings is 1. The van der Waals surface area contributed by atoms with Gasteiger partial charge >= 0.3 is 0 Å². The predicted molar refractivity (Wildman–Crippen MR) is 86.7 cm³/mol. The summed E-state index contributed by atoms with van der Waals surface area (Å²) in [5.41, 5.74) is -0.0403. The average molecular weight is 306 g/mol. The molecule has 0 heterocycles. The lowest BCUT2D eigenvalue weighted by Crippen LogP contribution is -2.21. The quantitative estimate of drug-likeness (QED) is 0.416. The molecule has 0 saturated carbocycles. The van der Waals surface area contributed by atoms with Crippen LogP contribution in [0.25, 0.3) is 0 Å². The first kappa shape index (κ1) is 17.2. The Balaban J connectivity index is 3.57. The van der Waals surface area contributed by atoms with Gasteiger partial charge < -0.3 is 9.80 Å². The van der Waals surface area contributed by atoms with E-state index in [0.717, 1.165) is 6.07 Å². The van der Waals surface area contributed by atoms with Gasteiger partial charge in [0.2, 0.25) is 0 Å². The molecule has 0 radical (unpaired) electrons. The minimum atomic E-state index is -0.626. The molecule has 0 bridgehead atoms. The molecule has 1 aromatic carbocycles. The molecule has 0 aromatic heterocycles. The van der Waals surface area contributed by atoms with Gasteiger partial charge in [-0.1, -0.05) is 12.2 Å². The molecule has 0 aliphatic rings. The zero-order valence-corrected chi connectivity index (χ0v) is 12.6. The lowest BCUT2D eigenvalue weighted by atomic mass is 10.1. The fourth-order valence-electron chi connectivity index (χ4n) is 2.04. The van der Waals surface area contributed by atoms with Crippen LogP contribution in [0.3, 0.4) is 0 Å². The molecule has 118 valence electrons. The van der Waals surface area contributed by atoms with E-state index in [1.807, 2.05) is 0 Å². The standard InChI is InChI=1S/C14H18N4O4/c1-5-7-15(3)11-9-12(16(4)8-6-2)14(18(21)22)10-13(11)17(19)20/h5-6,9-10H,1-2,7-8H2,3-4H3. The second-order valence-electron chi connectivity index (χ2n) is 4.68. The van der Waals surface area contributed by atoms with Crippen LogP contribution in [0.4, 0.5) is 22.7 Å². The van der Waals surface area contributed by atoms with Crippen LogP contribution in [0.15, 0.2) is 37.4 Å². The first-order valence-electron chi connectivity index (χ1n) is 6.44. The van der Waals surface area contributed by atoms with Crippen molar-refractivity contribution in [1.82, 2.24) is 0 Å². The lowest BCUT2D eigenvalue weighted by molar-refractivity contribution is -0.393. The largest absolute Gasteiger partial charge is 0.365 e. The zero-order valence-electron chi connectivity index (χ0n) is 12.6. The van der Waals surface area contributed by atoms with Gasteiger partial charge in [-0.15, -0.1) is 13.2 Å². The summed E-state index contributed by atoms with van der Waals surface area (Å²) in [6, 6.07) is 2.44. The van der Waals surface area contributed by atoms with Crippen LogP contribution in [0.5, 0.6) is 0 Å². The maximum atomic E-state index is 11.2. The van der Waals surface area contributed by atoms with E-state index >= 15 is 0 Å². The Morgan fingerprint density at radius 3 is 1.59 bits per heavy atom. The number of nitro groups is 2. The second-order valence-corrected chi connectivity index (χ2v) is 4.68. The molecule has 0 aliphatic carbocycles. The van der Waals surface area contributed by atoms with E-state index in [1.165, 1.54) is 6.07 Å². The molecule has 1 aromatic rings. The Kier molecular flexibility index (Phi) is 5.62. The summed E-state index contributed by atoms with van der Waals surface area (Å²) in [6.45, 7) is 7.94. The van der Waals surface area contributed by atoms with Gasteiger partial charge in [-0.25, -0.2) is 0 Å². The minimum Gasteiger partial charge on any atom is -0.365 e. The van der Waals surface area contributed by atoms with E-state index in [2.05, 4.69) is 13.2 Å². The summed E-state index contributed by atoms with van der Waals surface area (Å²) in [7, 11) is 3.32. The molecule has 0 amide bonds. The number of nitrogens with zero attached hydrogens (tertiary/aromatic N) is 4. The normalized spacial score (nSPS) is 9.91. The molecule has 0 atom stereocenters. The van der Waals surface area contributed by atoms with Crippen LogP contribution >= 0.6 is 0 Å². The van der Waals surface area contributed by atoms with E-state index in [0.29, 0.717) is 24.5 Å². The third-order valence-electron chi connectivity index (χ3n) is 3.09. The van der Waals surface area contributed by atoms with Crippen molar-refractivity contribution < 1.29 is 9.85 Å². The molecule has 22 heavy (non-hydrogen) atoms. The third kappa shape index (κ3) is 3.60. The molecule has 0 aliphatic heterocycles. The first-order valence-corrected chi connectivity index (χ1v) is 6.44. The van der Waals surface area contributed by atoms with Gasteiger partial charge in [-0.2, -0.15) is 0 Å². The molecule has 0 unspecified atom stereocenters. The number of hydrogen-bond donors (Lipinski definition) is 0. The molecular weight excluding hydrogens is 288 g/mol. The highest BCUT2D eigenvalue weighted by atomic mass is 16.6. The Bertz CT molecular complexity index is 566. The Labute approximate surface area is 128 Å². The maximum Gasteiger partial charge on any atom is 0.299 e. The van der Waals surface area contributed by atoms with Crippen LogP contribution in [0, 0.1) is 20.2 Å². The molecule has 1 rings (SSSR count). The summed E-state index contributed by atoms with van der Waals surface area (Å²) in [5.74, 6) is 0. The van der Waals surface area contributed by atoms with Crippen molar-refractivity contribution in [2.45, 2.75) is 0 Å². The van der Waals surface area contributed by atoms with E-state index < -0.39 is 9.85 Å². The van der Waals surface area contributed by atoms with Crippen LogP contribution in [0.1, 0.15) is 0 Å². The molecule has 0 spiro atoms. The van der Waals surface area contributed by atoms with Gasteiger partial charge in [0.25, 0.3) is 11.4 Å². The van der Waals surface area contributed by atoms with Crippen molar-refractivity contribution in [2.75, 3.05) is 37.0 Å². The predicted octanol–water partition coefficient (Wildman–Crippen LogP) is 2.75. The van der Waals surface area contributed by atoms with Gasteiger partial charge in [0.05, 0.1) is 15.9 Å². The number of likely N-dealkylation sites (N-methyl/N-ethyl adjacent to an activating group) is 2. The SMILES string of the molecule is C=CCN(C)c1cc(N(C)CC=C)c([N+](=O)[O-])cc1[N+](=O)[O-]. The number of hydrogen-bond acceptors (Lipinski definition) is 6. The average Bonchev–Trinajstić information content (AvgIpc) is 2.46. The summed E-state index contributed by atoms with van der Waals surface area (Å²) in [5, 5.41) is 22.4. The number of nitro benzene ring substituents is 2. The highest BCUT2D eigenvalue weighted by molar-refractivity contribution is 5.78. The molecule has 8 nitrogen and oxygen atoms in total. The summed E-state index contributed by atoms with van der Waals surface area (Å²) in [4.78, 5) is 24.4. The summed E-state index contributed by atoms with van der Waals surface area (Å²) < 4.78 is 0. The minimum absolute atomic E-state index is 0.293. The molecule has 0 N–H and O–H groups in total. The topological polar surface area (TPSA) is 92.8 Å². The molecule has 0 fully saturated rings. The Morgan fingerprint density at radius 1 is 0.955 bits per heavy atom. The smallest absolute Gasteiger partial charge is 0.299 e. The maximum absolute atomic E-state index is 11.2. The number of anilines is 2. The van der Waals surface area contributed by atoms with Gasteiger partial charge in [0, 0.05) is 27.2 Å². The Hall–Kier alpha value is -2.90. The monoisotopic (exact) mass is 306 g/mol. The first-order chi connectivity index (χ1) is 10.3.